The lowest BCUT2D eigenvalue weighted by atomic mass is 9.89. The van der Waals surface area contributed by atoms with Crippen LogP contribution in [0.1, 0.15) is 60.1 Å². The highest BCUT2D eigenvalue weighted by molar-refractivity contribution is 5.83. The minimum Gasteiger partial charge on any atom is -0.392 e. The molecule has 0 amide bonds. The summed E-state index contributed by atoms with van der Waals surface area (Å²) in [5.41, 5.74) is 13.5. The second kappa shape index (κ2) is 13.4. The van der Waals surface area contributed by atoms with Gasteiger partial charge in [-0.2, -0.15) is 0 Å². The Kier molecular flexibility index (Phi) is 9.22. The summed E-state index contributed by atoms with van der Waals surface area (Å²) < 4.78 is 13.5. The van der Waals surface area contributed by atoms with Crippen molar-refractivity contribution in [1.82, 2.24) is 4.90 Å². The second-order valence-corrected chi connectivity index (χ2v) is 12.1. The van der Waals surface area contributed by atoms with Crippen LogP contribution in [0.15, 0.2) is 115 Å². The molecule has 0 radical (unpaired) electrons. The molecule has 1 aliphatic rings. The molecule has 1 fully saturated rings. The van der Waals surface area contributed by atoms with E-state index in [4.69, 9.17) is 15.2 Å². The number of rotatable bonds is 9. The van der Waals surface area contributed by atoms with E-state index in [2.05, 4.69) is 117 Å². The maximum Gasteiger partial charge on any atom is 0.184 e. The fourth-order valence-corrected chi connectivity index (χ4v) is 6.20. The van der Waals surface area contributed by atoms with Crippen LogP contribution in [0, 0.1) is 5.92 Å². The fourth-order valence-electron chi connectivity index (χ4n) is 6.20. The number of ether oxygens (including phenoxy) is 2. The fraction of sp³-hybridized carbons (Fsp3) is 0.282. The van der Waals surface area contributed by atoms with E-state index in [1.54, 1.807) is 0 Å². The zero-order valence-electron chi connectivity index (χ0n) is 25.8. The molecule has 0 bridgehead atoms. The van der Waals surface area contributed by atoms with Crippen molar-refractivity contribution in [2.75, 3.05) is 13.6 Å². The van der Waals surface area contributed by atoms with Gasteiger partial charge < -0.3 is 20.3 Å². The Balaban J connectivity index is 1.26. The molecule has 0 aromatic heterocycles. The molecular weight excluding hydrogens is 544 g/mol. The maximum atomic E-state index is 9.60. The number of hydrogen-bond donors (Lipinski definition) is 2. The highest BCUT2D eigenvalue weighted by atomic mass is 16.7. The Bertz CT molecular complexity index is 1680. The summed E-state index contributed by atoms with van der Waals surface area (Å²) in [5.74, 6) is 0.107. The quantitative estimate of drug-likeness (QED) is 0.184. The summed E-state index contributed by atoms with van der Waals surface area (Å²) in [5, 5.41) is 12.1. The molecule has 0 saturated carbocycles. The number of aliphatic hydroxyl groups excluding tert-OH is 1. The van der Waals surface area contributed by atoms with Gasteiger partial charge in [0.15, 0.2) is 6.29 Å². The van der Waals surface area contributed by atoms with Gasteiger partial charge in [0.1, 0.15) is 0 Å². The molecule has 44 heavy (non-hydrogen) atoms. The van der Waals surface area contributed by atoms with Crippen molar-refractivity contribution >= 4 is 10.8 Å². The summed E-state index contributed by atoms with van der Waals surface area (Å²) in [6, 6.07) is 40.4. The summed E-state index contributed by atoms with van der Waals surface area (Å²) >= 11 is 0. The molecule has 5 nitrogen and oxygen atoms in total. The first-order valence-electron chi connectivity index (χ1n) is 15.5. The van der Waals surface area contributed by atoms with Gasteiger partial charge in [-0.25, -0.2) is 0 Å². The standard InChI is InChI=1S/C39H42N2O3/c1-26-37(24-41(3)27(2)34-20-17-30-8-4-5-9-36(30)22-34)43-39(44-38(26)32-13-11-28(25-42)12-14-32)33-18-15-31(16-19-33)35-10-6-7-29(21-35)23-40/h4-22,26-27,37-39,42H,23-25,40H2,1-3H3/t26-,27+,37+,38+,39+/m0/s1. The van der Waals surface area contributed by atoms with Crippen LogP contribution < -0.4 is 5.73 Å². The number of fused-ring (bicyclic) bond motifs is 1. The van der Waals surface area contributed by atoms with Gasteiger partial charge in [-0.1, -0.05) is 110 Å². The molecule has 5 heteroatoms. The van der Waals surface area contributed by atoms with E-state index in [1.807, 2.05) is 24.3 Å². The Morgan fingerprint density at radius 1 is 0.750 bits per heavy atom. The average molecular weight is 587 g/mol. The van der Waals surface area contributed by atoms with Crippen molar-refractivity contribution < 1.29 is 14.6 Å². The molecule has 5 atom stereocenters. The number of benzene rings is 5. The van der Waals surface area contributed by atoms with Gasteiger partial charge in [0, 0.05) is 30.6 Å². The van der Waals surface area contributed by atoms with Gasteiger partial charge >= 0.3 is 0 Å². The lowest BCUT2D eigenvalue weighted by Gasteiger charge is -2.43. The predicted molar refractivity (Wildman–Crippen MR) is 178 cm³/mol. The van der Waals surface area contributed by atoms with Gasteiger partial charge in [-0.15, -0.1) is 0 Å². The third-order valence-corrected chi connectivity index (χ3v) is 9.19. The smallest absolute Gasteiger partial charge is 0.184 e. The van der Waals surface area contributed by atoms with E-state index in [9.17, 15) is 5.11 Å². The molecule has 0 unspecified atom stereocenters. The van der Waals surface area contributed by atoms with Crippen LogP contribution in [0.4, 0.5) is 0 Å². The number of aliphatic hydroxyl groups is 1. The first-order valence-corrected chi connectivity index (χ1v) is 15.5. The largest absolute Gasteiger partial charge is 0.392 e. The normalized spacial score (nSPS) is 21.0. The van der Waals surface area contributed by atoms with Crippen molar-refractivity contribution in [1.29, 1.82) is 0 Å². The first-order chi connectivity index (χ1) is 21.4. The molecule has 3 N–H and O–H groups in total. The first kappa shape index (κ1) is 30.2. The van der Waals surface area contributed by atoms with Crippen LogP contribution in [0.5, 0.6) is 0 Å². The van der Waals surface area contributed by atoms with Gasteiger partial charge in [0.2, 0.25) is 0 Å². The Hall–Kier alpha value is -3.84. The van der Waals surface area contributed by atoms with Crippen LogP contribution in [0.3, 0.4) is 0 Å². The highest BCUT2D eigenvalue weighted by Gasteiger charge is 2.39. The molecule has 0 spiro atoms. The SMILES string of the molecule is C[C@H]1[C@@H](CN(C)[C@H](C)c2ccc3ccccc3c2)O[C@@H](c2ccc(-c3cccc(CN)c3)cc2)O[C@H]1c1ccc(CO)cc1. The number of nitrogens with zero attached hydrogens (tertiary/aromatic N) is 1. The minimum absolute atomic E-state index is 0.0215. The zero-order chi connectivity index (χ0) is 30.6. The minimum atomic E-state index is -0.507. The van der Waals surface area contributed by atoms with Crippen LogP contribution in [0.2, 0.25) is 0 Å². The van der Waals surface area contributed by atoms with Crippen molar-refractivity contribution in [2.45, 2.75) is 51.5 Å². The van der Waals surface area contributed by atoms with Crippen molar-refractivity contribution in [3.63, 3.8) is 0 Å². The van der Waals surface area contributed by atoms with Crippen LogP contribution in [-0.2, 0) is 22.6 Å². The monoisotopic (exact) mass is 586 g/mol. The second-order valence-electron chi connectivity index (χ2n) is 12.1. The van der Waals surface area contributed by atoms with Crippen LogP contribution in [-0.4, -0.2) is 29.7 Å². The van der Waals surface area contributed by atoms with E-state index < -0.39 is 6.29 Å². The van der Waals surface area contributed by atoms with E-state index in [0.717, 1.165) is 39.9 Å². The number of hydrogen-bond acceptors (Lipinski definition) is 5. The molecule has 226 valence electrons. The summed E-state index contributed by atoms with van der Waals surface area (Å²) in [6.45, 7) is 5.77. The lowest BCUT2D eigenvalue weighted by molar-refractivity contribution is -0.276. The summed E-state index contributed by atoms with van der Waals surface area (Å²) in [6.07, 6.45) is -0.727. The van der Waals surface area contributed by atoms with Crippen LogP contribution in [0.25, 0.3) is 21.9 Å². The zero-order valence-corrected chi connectivity index (χ0v) is 25.8. The summed E-state index contributed by atoms with van der Waals surface area (Å²) in [4.78, 5) is 2.38. The third-order valence-electron chi connectivity index (χ3n) is 9.19. The summed E-state index contributed by atoms with van der Waals surface area (Å²) in [7, 11) is 2.18. The van der Waals surface area contributed by atoms with Crippen molar-refractivity contribution in [3.05, 3.63) is 143 Å². The lowest BCUT2D eigenvalue weighted by Crippen LogP contribution is -2.44. The molecular formula is C39H42N2O3. The van der Waals surface area contributed by atoms with Crippen LogP contribution >= 0.6 is 0 Å². The third kappa shape index (κ3) is 6.48. The Labute approximate surface area is 260 Å². The molecule has 1 saturated heterocycles. The Morgan fingerprint density at radius 3 is 2.20 bits per heavy atom. The molecule has 0 aliphatic carbocycles. The molecule has 1 heterocycles. The highest BCUT2D eigenvalue weighted by Crippen LogP contribution is 2.42. The Morgan fingerprint density at radius 2 is 1.48 bits per heavy atom. The predicted octanol–water partition coefficient (Wildman–Crippen LogP) is 7.94. The average Bonchev–Trinajstić information content (AvgIpc) is 3.08. The van der Waals surface area contributed by atoms with Crippen molar-refractivity contribution in [3.8, 4) is 11.1 Å². The van der Waals surface area contributed by atoms with Gasteiger partial charge in [-0.05, 0) is 70.3 Å². The molecule has 5 aromatic carbocycles. The van der Waals surface area contributed by atoms with E-state index in [-0.39, 0.29) is 30.8 Å². The molecule has 6 rings (SSSR count). The van der Waals surface area contributed by atoms with Gasteiger partial charge in [0.25, 0.3) is 0 Å². The molecule has 5 aromatic rings. The topological polar surface area (TPSA) is 68.0 Å². The van der Waals surface area contributed by atoms with Crippen molar-refractivity contribution in [2.24, 2.45) is 11.7 Å². The van der Waals surface area contributed by atoms with Gasteiger partial charge in [0.05, 0.1) is 18.8 Å². The van der Waals surface area contributed by atoms with E-state index in [0.29, 0.717) is 6.54 Å². The number of likely N-dealkylation sites (N-methyl/N-ethyl adjacent to an activating group) is 1. The van der Waals surface area contributed by atoms with Gasteiger partial charge in [-0.3, -0.25) is 4.90 Å². The molecule has 1 aliphatic heterocycles. The van der Waals surface area contributed by atoms with E-state index >= 15 is 0 Å². The van der Waals surface area contributed by atoms with E-state index in [1.165, 1.54) is 16.3 Å². The number of nitrogens with two attached hydrogens (primary N) is 1. The maximum absolute atomic E-state index is 9.60.